The molecule has 1 fully saturated rings. The first-order chi connectivity index (χ1) is 14.3. The van der Waals surface area contributed by atoms with Crippen LogP contribution in [0.3, 0.4) is 0 Å². The molecule has 3 N–H and O–H groups in total. The van der Waals surface area contributed by atoms with E-state index in [2.05, 4.69) is 4.74 Å². The molecule has 1 saturated heterocycles. The summed E-state index contributed by atoms with van der Waals surface area (Å²) >= 11 is 0. The van der Waals surface area contributed by atoms with E-state index in [4.69, 9.17) is 5.73 Å². The summed E-state index contributed by atoms with van der Waals surface area (Å²) in [6.07, 6.45) is -4.70. The Labute approximate surface area is 175 Å². The second kappa shape index (κ2) is 9.58. The van der Waals surface area contributed by atoms with E-state index in [0.29, 0.717) is 12.5 Å². The Hall–Kier alpha value is -2.11. The van der Waals surface area contributed by atoms with Gasteiger partial charge in [-0.1, -0.05) is 6.92 Å². The minimum Gasteiger partial charge on any atom is -0.466 e. The van der Waals surface area contributed by atoms with E-state index in [0.717, 1.165) is 6.08 Å². The van der Waals surface area contributed by atoms with Gasteiger partial charge in [-0.25, -0.2) is 13.2 Å². The van der Waals surface area contributed by atoms with Gasteiger partial charge in [-0.3, -0.25) is 9.69 Å². The van der Waals surface area contributed by atoms with Crippen molar-refractivity contribution in [3.05, 3.63) is 41.0 Å². The van der Waals surface area contributed by atoms with Gasteiger partial charge in [0.05, 0.1) is 5.56 Å². The average molecular weight is 454 g/mol. The Morgan fingerprint density at radius 1 is 1.32 bits per heavy atom. The van der Waals surface area contributed by atoms with Crippen LogP contribution < -0.4 is 5.73 Å². The number of carbonyl (C=O) groups is 1. The van der Waals surface area contributed by atoms with Crippen molar-refractivity contribution in [2.75, 3.05) is 19.7 Å². The number of hydrogen-bond acceptors (Lipinski definition) is 5. The van der Waals surface area contributed by atoms with Gasteiger partial charge in [-0.05, 0) is 37.5 Å². The Bertz CT molecular complexity index is 822. The van der Waals surface area contributed by atoms with Gasteiger partial charge in [0, 0.05) is 30.1 Å². The first-order valence-corrected chi connectivity index (χ1v) is 9.46. The molecule has 3 atom stereocenters. The second-order valence-electron chi connectivity index (χ2n) is 8.17. The van der Waals surface area contributed by atoms with Crippen molar-refractivity contribution in [2.24, 2.45) is 17.6 Å². The summed E-state index contributed by atoms with van der Waals surface area (Å²) in [4.78, 5) is 11.9. The molecule has 174 valence electrons. The molecule has 0 bridgehead atoms. The van der Waals surface area contributed by atoms with Crippen LogP contribution in [0.15, 0.2) is 18.2 Å². The van der Waals surface area contributed by atoms with Gasteiger partial charge >= 0.3 is 6.18 Å². The van der Waals surface area contributed by atoms with Crippen molar-refractivity contribution in [3.8, 4) is 0 Å². The van der Waals surface area contributed by atoms with Gasteiger partial charge < -0.3 is 15.6 Å². The summed E-state index contributed by atoms with van der Waals surface area (Å²) in [6.45, 7) is 4.05. The monoisotopic (exact) mass is 454 g/mol. The predicted molar refractivity (Wildman–Crippen MR) is 99.9 cm³/mol. The number of hydrogen-bond donors (Lipinski definition) is 2. The van der Waals surface area contributed by atoms with Crippen molar-refractivity contribution in [1.82, 2.24) is 4.90 Å². The quantitative estimate of drug-likeness (QED) is 0.442. The normalized spacial score (nSPS) is 20.0. The zero-order valence-electron chi connectivity index (χ0n) is 16.9. The van der Waals surface area contributed by atoms with Gasteiger partial charge in [0.2, 0.25) is 0 Å². The molecule has 0 saturated carbocycles. The fourth-order valence-corrected chi connectivity index (χ4v) is 3.60. The molecular weight excluding hydrogens is 430 g/mol. The molecule has 1 aliphatic rings. The predicted octanol–water partition coefficient (Wildman–Crippen LogP) is 3.46. The summed E-state index contributed by atoms with van der Waals surface area (Å²) in [5.41, 5.74) is 2.45. The van der Waals surface area contributed by atoms with Crippen molar-refractivity contribution >= 4 is 12.3 Å². The molecule has 0 aliphatic carbocycles. The van der Waals surface area contributed by atoms with E-state index in [1.807, 2.05) is 0 Å². The highest BCUT2D eigenvalue weighted by Crippen LogP contribution is 2.35. The number of ether oxygens (including phenoxy) is 1. The van der Waals surface area contributed by atoms with E-state index in [9.17, 15) is 36.2 Å². The number of benzene rings is 1. The van der Waals surface area contributed by atoms with Crippen LogP contribution in [0.4, 0.5) is 26.3 Å². The lowest BCUT2D eigenvalue weighted by molar-refractivity contribution is -0.140. The van der Waals surface area contributed by atoms with Crippen LogP contribution in [-0.2, 0) is 15.7 Å². The zero-order valence-corrected chi connectivity index (χ0v) is 16.9. The number of rotatable bonds is 9. The molecule has 1 aromatic carbocycles. The van der Waals surface area contributed by atoms with Crippen molar-refractivity contribution in [2.45, 2.75) is 38.2 Å². The third kappa shape index (κ3) is 6.20. The molecular formula is C20H24F6N2O3. The van der Waals surface area contributed by atoms with Crippen LogP contribution in [0.1, 0.15) is 31.4 Å². The molecule has 5 nitrogen and oxygen atoms in total. The summed E-state index contributed by atoms with van der Waals surface area (Å²) < 4.78 is 84.4. The topological polar surface area (TPSA) is 75.8 Å². The highest BCUT2D eigenvalue weighted by Gasteiger charge is 2.38. The number of nitrogens with two attached hydrogens (primary N) is 1. The van der Waals surface area contributed by atoms with Crippen molar-refractivity contribution in [1.29, 1.82) is 0 Å². The Balaban J connectivity index is 1.98. The molecule has 31 heavy (non-hydrogen) atoms. The molecule has 1 heterocycles. The fraction of sp³-hybridized carbons (Fsp3) is 0.550. The number of likely N-dealkylation sites (tertiary alicyclic amines) is 1. The van der Waals surface area contributed by atoms with Crippen molar-refractivity contribution in [3.63, 3.8) is 0 Å². The molecule has 1 unspecified atom stereocenters. The molecule has 0 spiro atoms. The number of halogens is 6. The number of aliphatic hydroxyl groups excluding tert-OH is 1. The van der Waals surface area contributed by atoms with Gasteiger partial charge in [0.1, 0.15) is 18.7 Å². The minimum atomic E-state index is -5.09. The maximum atomic E-state index is 14.3. The van der Waals surface area contributed by atoms with Gasteiger partial charge in [0.15, 0.2) is 11.6 Å². The lowest BCUT2D eigenvalue weighted by Gasteiger charge is -2.44. The zero-order chi connectivity index (χ0) is 23.6. The van der Waals surface area contributed by atoms with Crippen molar-refractivity contribution < 1.29 is 41.0 Å². The minimum absolute atomic E-state index is 0.0284. The summed E-state index contributed by atoms with van der Waals surface area (Å²) in [5.74, 6) is -6.02. The van der Waals surface area contributed by atoms with E-state index < -0.39 is 52.4 Å². The van der Waals surface area contributed by atoms with E-state index in [1.54, 1.807) is 18.7 Å². The molecule has 0 aromatic heterocycles. The van der Waals surface area contributed by atoms with Crippen LogP contribution in [0, 0.1) is 23.5 Å². The number of nitrogens with zero attached hydrogens (tertiary/aromatic N) is 1. The van der Waals surface area contributed by atoms with E-state index in [-0.39, 0.29) is 38.2 Å². The molecule has 1 aromatic rings. The lowest BCUT2D eigenvalue weighted by atomic mass is 9.88. The SMILES string of the molecule is C[C@H](C[C@](C)(N)COC=O)C(O)N1CC(/C=C(\F)c2ccc(C(F)(F)F)c(F)c2F)C1. The first-order valence-electron chi connectivity index (χ1n) is 9.46. The summed E-state index contributed by atoms with van der Waals surface area (Å²) in [6, 6.07) is 0.835. The van der Waals surface area contributed by atoms with Crippen LogP contribution in [0.2, 0.25) is 0 Å². The summed E-state index contributed by atoms with van der Waals surface area (Å²) in [5, 5.41) is 10.4. The van der Waals surface area contributed by atoms with Crippen LogP contribution in [-0.4, -0.2) is 47.9 Å². The second-order valence-corrected chi connectivity index (χ2v) is 8.17. The Morgan fingerprint density at radius 2 is 1.94 bits per heavy atom. The third-order valence-corrected chi connectivity index (χ3v) is 5.12. The molecule has 0 radical (unpaired) electrons. The first kappa shape index (κ1) is 25.2. The number of aliphatic hydroxyl groups is 1. The van der Waals surface area contributed by atoms with Crippen LogP contribution in [0.5, 0.6) is 0 Å². The smallest absolute Gasteiger partial charge is 0.419 e. The molecule has 2 rings (SSSR count). The van der Waals surface area contributed by atoms with Gasteiger partial charge in [-0.15, -0.1) is 0 Å². The standard InChI is InChI=1S/C20H24F6N2O3/c1-11(6-19(2,27)9-31-10-29)18(30)28-7-12(8-28)5-15(21)13-3-4-14(20(24,25)26)17(23)16(13)22/h3-5,10-12,18,30H,6-9,27H2,1-2H3/b15-5-/t11-,18?,19+/m1/s1. The summed E-state index contributed by atoms with van der Waals surface area (Å²) in [7, 11) is 0. The highest BCUT2D eigenvalue weighted by molar-refractivity contribution is 5.60. The largest absolute Gasteiger partial charge is 0.466 e. The van der Waals surface area contributed by atoms with E-state index >= 15 is 0 Å². The van der Waals surface area contributed by atoms with Gasteiger partial charge in [-0.2, -0.15) is 13.2 Å². The Morgan fingerprint density at radius 3 is 2.48 bits per heavy atom. The fourth-order valence-electron chi connectivity index (χ4n) is 3.60. The molecule has 11 heteroatoms. The van der Waals surface area contributed by atoms with E-state index in [1.165, 1.54) is 0 Å². The average Bonchev–Trinajstić information content (AvgIpc) is 2.62. The lowest BCUT2D eigenvalue weighted by Crippen LogP contribution is -2.55. The Kier molecular flexibility index (Phi) is 7.77. The maximum absolute atomic E-state index is 14.3. The molecule has 0 amide bonds. The highest BCUT2D eigenvalue weighted by atomic mass is 19.4. The number of carbonyl (C=O) groups excluding carboxylic acids is 1. The maximum Gasteiger partial charge on any atom is 0.419 e. The van der Waals surface area contributed by atoms with Crippen LogP contribution >= 0.6 is 0 Å². The van der Waals surface area contributed by atoms with Crippen LogP contribution in [0.25, 0.3) is 5.83 Å². The number of alkyl halides is 3. The third-order valence-electron chi connectivity index (χ3n) is 5.12. The molecule has 1 aliphatic heterocycles. The van der Waals surface area contributed by atoms with Gasteiger partial charge in [0.25, 0.3) is 6.47 Å².